The first kappa shape index (κ1) is 80.0. The van der Waals surface area contributed by atoms with E-state index in [0.717, 1.165) is 0 Å². The minimum atomic E-state index is -5.38. The molecule has 80 heavy (non-hydrogen) atoms. The predicted octanol–water partition coefficient (Wildman–Crippen LogP) is 6.27. The van der Waals surface area contributed by atoms with E-state index in [1.807, 2.05) is 0 Å². The summed E-state index contributed by atoms with van der Waals surface area (Å²) in [5, 5.41) is 62.4. The summed E-state index contributed by atoms with van der Waals surface area (Å²) in [5.74, 6) is -25.8. The number of alkyl halides is 20. The van der Waals surface area contributed by atoms with Crippen molar-refractivity contribution in [3.05, 3.63) is 0 Å². The molecule has 3 atom stereocenters. The molecule has 0 aromatic carbocycles. The van der Waals surface area contributed by atoms with Crippen LogP contribution in [-0.2, 0) is 47.4 Å². The van der Waals surface area contributed by atoms with E-state index in [1.165, 1.54) is 0 Å². The van der Waals surface area contributed by atoms with E-state index in [9.17, 15) is 103 Å². The second-order valence-corrected chi connectivity index (χ2v) is 17.7. The summed E-state index contributed by atoms with van der Waals surface area (Å²) in [7, 11) is 0. The molecule has 37 heteroatoms. The lowest BCUT2D eigenvalue weighted by Gasteiger charge is -2.29. The fourth-order valence-electron chi connectivity index (χ4n) is 5.77. The molecule has 0 bridgehead atoms. The van der Waals surface area contributed by atoms with Crippen molar-refractivity contribution in [2.75, 3.05) is 132 Å². The Morgan fingerprint density at radius 3 is 0.887 bits per heavy atom. The average molecular weight is 1240 g/mol. The van der Waals surface area contributed by atoms with Crippen LogP contribution in [0.25, 0.3) is 0 Å². The van der Waals surface area contributed by atoms with Gasteiger partial charge >= 0.3 is 24.4 Å². The van der Waals surface area contributed by atoms with Gasteiger partial charge in [0.15, 0.2) is 0 Å². The Labute approximate surface area is 445 Å². The van der Waals surface area contributed by atoms with Gasteiger partial charge in [0.05, 0.1) is 92.0 Å². The van der Waals surface area contributed by atoms with Crippen LogP contribution < -0.4 is 0 Å². The molecule has 0 rings (SSSR count). The van der Waals surface area contributed by atoms with Crippen molar-refractivity contribution >= 4 is 0 Å². The summed E-state index contributed by atoms with van der Waals surface area (Å²) in [6.45, 7) is -16.7. The van der Waals surface area contributed by atoms with Crippen LogP contribution in [0.1, 0.15) is 64.2 Å². The Balaban J connectivity index is 0. The molecular formula is C43H70F20O17. The summed E-state index contributed by atoms with van der Waals surface area (Å²) in [6.07, 6.45) is -36.9. The second-order valence-electron chi connectivity index (χ2n) is 17.7. The first-order valence-corrected chi connectivity index (χ1v) is 23.9. The van der Waals surface area contributed by atoms with Crippen molar-refractivity contribution < 1.29 is 171 Å². The van der Waals surface area contributed by atoms with Crippen molar-refractivity contribution in [3.63, 3.8) is 0 Å². The topological polar surface area (TPSA) is 234 Å². The van der Waals surface area contributed by atoms with Gasteiger partial charge in [-0.3, -0.25) is 9.47 Å². The number of aliphatic hydroxyl groups excluding tert-OH is 7. The maximum Gasteiger partial charge on any atom is 0.366 e. The molecule has 0 aliphatic carbocycles. The molecule has 0 aromatic heterocycles. The summed E-state index contributed by atoms with van der Waals surface area (Å²) in [6, 6.07) is 0. The molecule has 0 heterocycles. The average Bonchev–Trinajstić information content (AvgIpc) is 3.25. The molecule has 0 radical (unpaired) electrons. The summed E-state index contributed by atoms with van der Waals surface area (Å²) in [5.41, 5.74) is 0. The Morgan fingerprint density at radius 2 is 0.550 bits per heavy atom. The van der Waals surface area contributed by atoms with Crippen molar-refractivity contribution in [3.8, 4) is 0 Å². The predicted molar refractivity (Wildman–Crippen MR) is 231 cm³/mol. The molecule has 0 aliphatic rings. The van der Waals surface area contributed by atoms with Gasteiger partial charge in [-0.25, -0.2) is 52.7 Å². The van der Waals surface area contributed by atoms with Crippen LogP contribution >= 0.6 is 0 Å². The van der Waals surface area contributed by atoms with Crippen LogP contribution in [0.2, 0.25) is 0 Å². The Bertz CT molecular complexity index is 1550. The minimum absolute atomic E-state index is 0.0794. The first-order valence-electron chi connectivity index (χ1n) is 23.9. The van der Waals surface area contributed by atoms with Gasteiger partial charge < -0.3 is 73.6 Å². The smallest absolute Gasteiger partial charge is 0.366 e. The molecule has 0 aromatic rings. The maximum atomic E-state index is 13.8. The van der Waals surface area contributed by atoms with Gasteiger partial charge in [-0.05, 0) is 12.8 Å². The number of hydrogen-bond acceptors (Lipinski definition) is 17. The highest BCUT2D eigenvalue weighted by molar-refractivity contribution is 4.79. The Hall–Kier alpha value is -2.08. The summed E-state index contributed by atoms with van der Waals surface area (Å²) >= 11 is 0. The van der Waals surface area contributed by atoms with Gasteiger partial charge in [-0.2, -0.15) is 35.1 Å². The summed E-state index contributed by atoms with van der Waals surface area (Å²) < 4.78 is 315. The highest BCUT2D eigenvalue weighted by Gasteiger charge is 2.56. The standard InChI is InChI=1S/C24H40F10O9.C19H30F10O8/c25-20(26,5-8-39-11-19(38)12-40-9-7-36)15-42-17-22(29,30)14-24(33,34)43-23(31,32)13-21(27,28)16-41-10-18(37)4-2-1-3-6-35;20-15(21,1-4-33-5-2-30)11-36-13-17(24,25)10-19(28,29)37-18(26,27)9-16(22,23)12-35-8-14(32)7-34-6-3-31/h18-19,35-38H,1-17H2;14,30-32H,1-13H2. The quantitative estimate of drug-likeness (QED) is 0.0263. The molecule has 0 fully saturated rings. The number of halogens is 20. The monoisotopic (exact) mass is 1240 g/mol. The van der Waals surface area contributed by atoms with Crippen molar-refractivity contribution in [2.24, 2.45) is 0 Å². The van der Waals surface area contributed by atoms with Crippen LogP contribution in [0.4, 0.5) is 87.8 Å². The molecule has 0 aliphatic heterocycles. The third kappa shape index (κ3) is 47.3. The van der Waals surface area contributed by atoms with Crippen LogP contribution in [0.3, 0.4) is 0 Å². The van der Waals surface area contributed by atoms with Gasteiger partial charge in [0.1, 0.15) is 77.5 Å². The summed E-state index contributed by atoms with van der Waals surface area (Å²) in [4.78, 5) is 0. The van der Waals surface area contributed by atoms with E-state index in [-0.39, 0.29) is 46.1 Å². The normalized spacial score (nSPS) is 15.0. The maximum absolute atomic E-state index is 13.8. The van der Waals surface area contributed by atoms with Crippen LogP contribution in [-0.4, -0.2) is 246 Å². The number of ether oxygens (including phenoxy) is 10. The van der Waals surface area contributed by atoms with Crippen LogP contribution in [0, 0.1) is 0 Å². The van der Waals surface area contributed by atoms with E-state index >= 15 is 0 Å². The third-order valence-electron chi connectivity index (χ3n) is 9.01. The molecule has 7 N–H and O–H groups in total. The molecule has 3 unspecified atom stereocenters. The SMILES string of the molecule is OCCCCCC(O)COCC(F)(F)CC(F)(F)OC(F)(F)CC(F)(F)COCC(F)(F)CCOCC(O)COCCO.OCCOCCC(F)(F)COCC(F)(F)CC(F)(F)OC(F)(F)CC(F)(F)COCC(O)COCCO. The van der Waals surface area contributed by atoms with Crippen LogP contribution in [0.5, 0.6) is 0 Å². The number of unbranched alkanes of at least 4 members (excludes halogenated alkanes) is 2. The first-order chi connectivity index (χ1) is 36.6. The van der Waals surface area contributed by atoms with Crippen molar-refractivity contribution in [1.82, 2.24) is 0 Å². The number of hydrogen-bond donors (Lipinski definition) is 7. The Kier molecular flexibility index (Phi) is 38.8. The van der Waals surface area contributed by atoms with Gasteiger partial charge in [0, 0.05) is 19.4 Å². The molecule has 0 saturated heterocycles. The van der Waals surface area contributed by atoms with Crippen LogP contribution in [0.15, 0.2) is 0 Å². The lowest BCUT2D eigenvalue weighted by Crippen LogP contribution is -2.43. The van der Waals surface area contributed by atoms with Gasteiger partial charge in [-0.1, -0.05) is 12.8 Å². The zero-order valence-electron chi connectivity index (χ0n) is 42.7. The van der Waals surface area contributed by atoms with Crippen molar-refractivity contribution in [1.29, 1.82) is 0 Å². The highest BCUT2D eigenvalue weighted by atomic mass is 19.3. The molecule has 0 saturated carbocycles. The third-order valence-corrected chi connectivity index (χ3v) is 9.01. The fraction of sp³-hybridized carbons (Fsp3) is 1.00. The molecule has 0 spiro atoms. The van der Waals surface area contributed by atoms with E-state index < -0.39 is 209 Å². The van der Waals surface area contributed by atoms with Gasteiger partial charge in [0.2, 0.25) is 0 Å². The van der Waals surface area contributed by atoms with Crippen molar-refractivity contribution in [2.45, 2.75) is 142 Å². The minimum Gasteiger partial charge on any atom is -0.396 e. The lowest BCUT2D eigenvalue weighted by molar-refractivity contribution is -0.400. The zero-order chi connectivity index (χ0) is 62.0. The largest absolute Gasteiger partial charge is 0.396 e. The van der Waals surface area contributed by atoms with E-state index in [4.69, 9.17) is 29.9 Å². The number of aliphatic hydroxyl groups is 7. The highest BCUT2D eigenvalue weighted by Crippen LogP contribution is 2.42. The van der Waals surface area contributed by atoms with Gasteiger partial charge in [0.25, 0.3) is 35.5 Å². The lowest BCUT2D eigenvalue weighted by atomic mass is 10.1. The van der Waals surface area contributed by atoms with E-state index in [0.29, 0.717) is 19.3 Å². The number of rotatable bonds is 51. The molecule has 17 nitrogen and oxygen atoms in total. The van der Waals surface area contributed by atoms with E-state index in [1.54, 1.807) is 0 Å². The zero-order valence-corrected chi connectivity index (χ0v) is 42.7. The van der Waals surface area contributed by atoms with Gasteiger partial charge in [-0.15, -0.1) is 0 Å². The fourth-order valence-corrected chi connectivity index (χ4v) is 5.77. The Morgan fingerprint density at radius 1 is 0.275 bits per heavy atom. The van der Waals surface area contributed by atoms with E-state index in [2.05, 4.69) is 37.9 Å². The molecular weight excluding hydrogens is 1170 g/mol. The molecule has 484 valence electrons. The second kappa shape index (κ2) is 38.8. The molecule has 0 amide bonds.